The fourth-order valence-electron chi connectivity index (χ4n) is 1.33. The predicted molar refractivity (Wildman–Crippen MR) is 77.9 cm³/mol. The molecule has 2 N–H and O–H groups in total. The molecule has 0 fully saturated rings. The highest BCUT2D eigenvalue weighted by Crippen LogP contribution is 2.14. The Labute approximate surface area is 114 Å². The Kier molecular flexibility index (Phi) is 5.54. The molecule has 3 nitrogen and oxygen atoms in total. The molecule has 4 heteroatoms. The van der Waals surface area contributed by atoms with Gasteiger partial charge in [0.05, 0.1) is 0 Å². The van der Waals surface area contributed by atoms with E-state index in [9.17, 15) is 4.79 Å². The van der Waals surface area contributed by atoms with Gasteiger partial charge in [-0.05, 0) is 29.4 Å². The first-order valence-corrected chi connectivity index (χ1v) is 7.28. The normalized spacial score (nSPS) is 11.1. The Morgan fingerprint density at radius 1 is 1.17 bits per heavy atom. The van der Waals surface area contributed by atoms with Gasteiger partial charge in [-0.1, -0.05) is 32.9 Å². The Hall–Kier alpha value is -1.16. The summed E-state index contributed by atoms with van der Waals surface area (Å²) >= 11 is 1.71. The minimum atomic E-state index is -0.112. The van der Waals surface area contributed by atoms with E-state index >= 15 is 0 Å². The lowest BCUT2D eigenvalue weighted by Crippen LogP contribution is -2.39. The summed E-state index contributed by atoms with van der Waals surface area (Å²) in [6.07, 6.45) is 2.05. The van der Waals surface area contributed by atoms with E-state index < -0.39 is 0 Å². The van der Waals surface area contributed by atoms with Crippen LogP contribution in [0.1, 0.15) is 26.3 Å². The summed E-state index contributed by atoms with van der Waals surface area (Å²) in [6.45, 7) is 7.51. The zero-order valence-electron chi connectivity index (χ0n) is 11.5. The van der Waals surface area contributed by atoms with Gasteiger partial charge in [0.2, 0.25) is 0 Å². The quantitative estimate of drug-likeness (QED) is 0.821. The van der Waals surface area contributed by atoms with E-state index in [0.29, 0.717) is 13.1 Å². The van der Waals surface area contributed by atoms with Gasteiger partial charge in [0.25, 0.3) is 0 Å². The number of carbonyl (C=O) groups is 1. The molecule has 0 saturated heterocycles. The van der Waals surface area contributed by atoms with Gasteiger partial charge in [-0.3, -0.25) is 0 Å². The van der Waals surface area contributed by atoms with Crippen molar-refractivity contribution in [2.75, 3.05) is 12.8 Å². The van der Waals surface area contributed by atoms with Crippen LogP contribution in [0.2, 0.25) is 0 Å². The number of benzene rings is 1. The van der Waals surface area contributed by atoms with Crippen LogP contribution in [0.4, 0.5) is 4.79 Å². The van der Waals surface area contributed by atoms with Gasteiger partial charge < -0.3 is 10.6 Å². The van der Waals surface area contributed by atoms with Crippen molar-refractivity contribution in [2.24, 2.45) is 5.41 Å². The monoisotopic (exact) mass is 266 g/mol. The number of hydrogen-bond donors (Lipinski definition) is 2. The molecule has 0 aliphatic carbocycles. The molecule has 0 bridgehead atoms. The maximum absolute atomic E-state index is 11.6. The van der Waals surface area contributed by atoms with E-state index in [1.807, 2.05) is 18.4 Å². The standard InChI is InChI=1S/C14H22N2OS/c1-14(2,3)10-16-13(17)15-9-11-5-7-12(18-4)8-6-11/h5-8H,9-10H2,1-4H3,(H2,15,16,17). The predicted octanol–water partition coefficient (Wildman–Crippen LogP) is 3.25. The summed E-state index contributed by atoms with van der Waals surface area (Å²) in [5.41, 5.74) is 1.22. The van der Waals surface area contributed by atoms with Crippen LogP contribution in [0.15, 0.2) is 29.2 Å². The zero-order valence-corrected chi connectivity index (χ0v) is 12.4. The first kappa shape index (κ1) is 14.9. The Balaban J connectivity index is 2.33. The van der Waals surface area contributed by atoms with E-state index in [0.717, 1.165) is 5.56 Å². The summed E-state index contributed by atoms with van der Waals surface area (Å²) in [5.74, 6) is 0. The molecule has 0 saturated carbocycles. The van der Waals surface area contributed by atoms with Crippen LogP contribution >= 0.6 is 11.8 Å². The lowest BCUT2D eigenvalue weighted by atomic mass is 9.97. The minimum Gasteiger partial charge on any atom is -0.338 e. The molecule has 0 unspecified atom stereocenters. The van der Waals surface area contributed by atoms with Crippen LogP contribution in [0, 0.1) is 5.41 Å². The molecular formula is C14H22N2OS. The smallest absolute Gasteiger partial charge is 0.315 e. The fourth-order valence-corrected chi connectivity index (χ4v) is 1.74. The second kappa shape index (κ2) is 6.69. The highest BCUT2D eigenvalue weighted by atomic mass is 32.2. The van der Waals surface area contributed by atoms with Gasteiger partial charge in [-0.15, -0.1) is 11.8 Å². The lowest BCUT2D eigenvalue weighted by Gasteiger charge is -2.18. The van der Waals surface area contributed by atoms with Crippen molar-refractivity contribution in [3.63, 3.8) is 0 Å². The molecular weight excluding hydrogens is 244 g/mol. The number of nitrogens with one attached hydrogen (secondary N) is 2. The molecule has 0 aromatic heterocycles. The van der Waals surface area contributed by atoms with Gasteiger partial charge >= 0.3 is 6.03 Å². The summed E-state index contributed by atoms with van der Waals surface area (Å²) in [5, 5.41) is 5.71. The highest BCUT2D eigenvalue weighted by molar-refractivity contribution is 7.98. The third-order valence-corrected chi connectivity index (χ3v) is 3.13. The van der Waals surface area contributed by atoms with Crippen LogP contribution in [0.3, 0.4) is 0 Å². The highest BCUT2D eigenvalue weighted by Gasteiger charge is 2.11. The minimum absolute atomic E-state index is 0.108. The molecule has 0 aliphatic rings. The summed E-state index contributed by atoms with van der Waals surface area (Å²) in [7, 11) is 0. The number of urea groups is 1. The lowest BCUT2D eigenvalue weighted by molar-refractivity contribution is 0.235. The third-order valence-electron chi connectivity index (χ3n) is 2.39. The Bertz CT molecular complexity index is 382. The maximum atomic E-state index is 11.6. The van der Waals surface area contributed by atoms with Crippen molar-refractivity contribution < 1.29 is 4.79 Å². The average Bonchev–Trinajstić information content (AvgIpc) is 2.33. The van der Waals surface area contributed by atoms with Gasteiger partial charge in [-0.2, -0.15) is 0 Å². The Morgan fingerprint density at radius 3 is 2.28 bits per heavy atom. The van der Waals surface area contributed by atoms with E-state index in [-0.39, 0.29) is 11.4 Å². The topological polar surface area (TPSA) is 41.1 Å². The number of amides is 2. The van der Waals surface area contributed by atoms with Crippen molar-refractivity contribution in [3.8, 4) is 0 Å². The number of hydrogen-bond acceptors (Lipinski definition) is 2. The molecule has 0 atom stereocenters. The molecule has 2 amide bonds. The van der Waals surface area contributed by atoms with Gasteiger partial charge in [0.1, 0.15) is 0 Å². The largest absolute Gasteiger partial charge is 0.338 e. The van der Waals surface area contributed by atoms with E-state index in [1.165, 1.54) is 4.90 Å². The molecule has 1 aromatic carbocycles. The van der Waals surface area contributed by atoms with Gasteiger partial charge in [0, 0.05) is 18.0 Å². The van der Waals surface area contributed by atoms with Crippen molar-refractivity contribution >= 4 is 17.8 Å². The molecule has 1 aromatic rings. The zero-order chi connectivity index (χ0) is 13.6. The van der Waals surface area contributed by atoms with Crippen LogP contribution in [0.25, 0.3) is 0 Å². The first-order chi connectivity index (χ1) is 8.40. The SMILES string of the molecule is CSc1ccc(CNC(=O)NCC(C)(C)C)cc1. The van der Waals surface area contributed by atoms with Crippen molar-refractivity contribution in [2.45, 2.75) is 32.2 Å². The fraction of sp³-hybridized carbons (Fsp3) is 0.500. The van der Waals surface area contributed by atoms with E-state index in [1.54, 1.807) is 11.8 Å². The second-order valence-corrected chi connectivity index (χ2v) is 6.32. The third kappa shape index (κ3) is 5.96. The first-order valence-electron chi connectivity index (χ1n) is 6.05. The van der Waals surface area contributed by atoms with Crippen molar-refractivity contribution in [1.82, 2.24) is 10.6 Å². The number of carbonyl (C=O) groups excluding carboxylic acids is 1. The molecule has 0 radical (unpaired) electrons. The molecule has 0 aliphatic heterocycles. The summed E-state index contributed by atoms with van der Waals surface area (Å²) < 4.78 is 0. The molecule has 18 heavy (non-hydrogen) atoms. The van der Waals surface area contributed by atoms with E-state index in [2.05, 4.69) is 43.5 Å². The number of thioether (sulfide) groups is 1. The van der Waals surface area contributed by atoms with Crippen molar-refractivity contribution in [3.05, 3.63) is 29.8 Å². The molecule has 0 heterocycles. The molecule has 100 valence electrons. The van der Waals surface area contributed by atoms with Gasteiger partial charge in [0.15, 0.2) is 0 Å². The Morgan fingerprint density at radius 2 is 1.78 bits per heavy atom. The van der Waals surface area contributed by atoms with Crippen LogP contribution in [0.5, 0.6) is 0 Å². The van der Waals surface area contributed by atoms with Crippen LogP contribution in [-0.2, 0) is 6.54 Å². The molecule has 0 spiro atoms. The van der Waals surface area contributed by atoms with Crippen molar-refractivity contribution in [1.29, 1.82) is 0 Å². The average molecular weight is 266 g/mol. The summed E-state index contributed by atoms with van der Waals surface area (Å²) in [4.78, 5) is 12.8. The summed E-state index contributed by atoms with van der Waals surface area (Å²) in [6, 6.07) is 8.09. The molecule has 1 rings (SSSR count). The van der Waals surface area contributed by atoms with E-state index in [4.69, 9.17) is 0 Å². The van der Waals surface area contributed by atoms with Gasteiger partial charge in [-0.25, -0.2) is 4.79 Å². The second-order valence-electron chi connectivity index (χ2n) is 5.44. The van der Waals surface area contributed by atoms with Crippen LogP contribution in [-0.4, -0.2) is 18.8 Å². The van der Waals surface area contributed by atoms with Crippen LogP contribution < -0.4 is 10.6 Å². The maximum Gasteiger partial charge on any atom is 0.315 e. The number of rotatable bonds is 4.